The molecule has 0 amide bonds. The van der Waals surface area contributed by atoms with Crippen molar-refractivity contribution in [3.05, 3.63) is 89.4 Å². The molecule has 7 heteroatoms. The molecule has 0 N–H and O–H groups in total. The first kappa shape index (κ1) is 18.0. The lowest BCUT2D eigenvalue weighted by atomic mass is 9.97. The van der Waals surface area contributed by atoms with E-state index in [1.54, 1.807) is 24.5 Å². The molecule has 1 aliphatic heterocycles. The Hall–Kier alpha value is -4.05. The van der Waals surface area contributed by atoms with Gasteiger partial charge < -0.3 is 4.90 Å². The molecule has 0 saturated carbocycles. The summed E-state index contributed by atoms with van der Waals surface area (Å²) in [6, 6.07) is 12.8. The van der Waals surface area contributed by atoms with Gasteiger partial charge in [-0.3, -0.25) is 0 Å². The van der Waals surface area contributed by atoms with Gasteiger partial charge in [-0.25, -0.2) is 19.0 Å². The summed E-state index contributed by atoms with van der Waals surface area (Å²) in [6.45, 7) is 2.82. The van der Waals surface area contributed by atoms with Gasteiger partial charge >= 0.3 is 0 Å². The summed E-state index contributed by atoms with van der Waals surface area (Å²) in [5.41, 5.74) is 5.89. The topological polar surface area (TPSA) is 59.7 Å². The van der Waals surface area contributed by atoms with Crippen molar-refractivity contribution in [3.63, 3.8) is 0 Å². The molecule has 3 heterocycles. The van der Waals surface area contributed by atoms with E-state index in [4.69, 9.17) is 0 Å². The summed E-state index contributed by atoms with van der Waals surface area (Å²) < 4.78 is 16.4. The Morgan fingerprint density at radius 3 is 2.67 bits per heavy atom. The lowest BCUT2D eigenvalue weighted by Crippen LogP contribution is -2.26. The van der Waals surface area contributed by atoms with Crippen LogP contribution in [0, 0.1) is 24.6 Å². The molecule has 5 rings (SSSR count). The molecule has 30 heavy (non-hydrogen) atoms. The maximum absolute atomic E-state index is 14.6. The van der Waals surface area contributed by atoms with E-state index in [0.29, 0.717) is 18.9 Å². The first-order chi connectivity index (χ1) is 14.7. The highest BCUT2D eigenvalue weighted by Gasteiger charge is 2.25. The van der Waals surface area contributed by atoms with Crippen LogP contribution in [0.3, 0.4) is 0 Å². The molecular formula is C23H17FN6. The van der Waals surface area contributed by atoms with Gasteiger partial charge in [-0.1, -0.05) is 41.3 Å². The Labute approximate surface area is 173 Å². The van der Waals surface area contributed by atoms with Crippen LogP contribution in [0.5, 0.6) is 0 Å². The lowest BCUT2D eigenvalue weighted by Gasteiger charge is -2.24. The van der Waals surface area contributed by atoms with Crippen LogP contribution in [-0.2, 0) is 13.2 Å². The van der Waals surface area contributed by atoms with Crippen LogP contribution in [0.1, 0.15) is 22.4 Å². The second-order valence-corrected chi connectivity index (χ2v) is 7.02. The number of rotatable bonds is 1. The number of fused-ring (bicyclic) bond motifs is 3. The van der Waals surface area contributed by atoms with Gasteiger partial charge in [0.1, 0.15) is 18.8 Å². The summed E-state index contributed by atoms with van der Waals surface area (Å²) >= 11 is 0. The van der Waals surface area contributed by atoms with Gasteiger partial charge in [0.25, 0.3) is 0 Å². The maximum atomic E-state index is 14.6. The number of halogens is 1. The zero-order chi connectivity index (χ0) is 20.5. The van der Waals surface area contributed by atoms with E-state index in [9.17, 15) is 4.39 Å². The first-order valence-corrected chi connectivity index (χ1v) is 9.49. The maximum Gasteiger partial charge on any atom is 0.146 e. The Balaban J connectivity index is 1.68. The van der Waals surface area contributed by atoms with E-state index in [1.165, 1.54) is 12.4 Å². The van der Waals surface area contributed by atoms with Crippen molar-refractivity contribution in [2.75, 3.05) is 4.90 Å². The summed E-state index contributed by atoms with van der Waals surface area (Å²) in [6.07, 6.45) is 4.83. The van der Waals surface area contributed by atoms with Crippen molar-refractivity contribution in [3.8, 4) is 23.1 Å². The molecule has 0 radical (unpaired) electrons. The number of nitrogens with zero attached hydrogens (tertiary/aromatic N) is 6. The Kier molecular flexibility index (Phi) is 4.45. The molecule has 146 valence electrons. The van der Waals surface area contributed by atoms with Crippen molar-refractivity contribution in [2.45, 2.75) is 20.1 Å². The fraction of sp³-hybridized carbons (Fsp3) is 0.130. The van der Waals surface area contributed by atoms with Gasteiger partial charge in [-0.2, -0.15) is 0 Å². The van der Waals surface area contributed by atoms with Gasteiger partial charge in [0.2, 0.25) is 0 Å². The Morgan fingerprint density at radius 2 is 1.83 bits per heavy atom. The van der Waals surface area contributed by atoms with Crippen LogP contribution >= 0.6 is 0 Å². The largest absolute Gasteiger partial charge is 0.345 e. The van der Waals surface area contributed by atoms with E-state index >= 15 is 0 Å². The second kappa shape index (κ2) is 7.41. The molecule has 1 aliphatic rings. The first-order valence-electron chi connectivity index (χ1n) is 9.49. The smallest absolute Gasteiger partial charge is 0.146 e. The second-order valence-electron chi connectivity index (χ2n) is 7.02. The van der Waals surface area contributed by atoms with E-state index in [1.807, 2.05) is 40.8 Å². The Morgan fingerprint density at radius 1 is 1.00 bits per heavy atom. The van der Waals surface area contributed by atoms with Crippen molar-refractivity contribution >= 4 is 5.69 Å². The third-order valence-corrected chi connectivity index (χ3v) is 5.08. The molecule has 6 nitrogen and oxygen atoms in total. The number of anilines is 1. The molecule has 0 bridgehead atoms. The predicted molar refractivity (Wildman–Crippen MR) is 111 cm³/mol. The number of aryl methyl sites for hydroxylation is 1. The fourth-order valence-corrected chi connectivity index (χ4v) is 3.70. The van der Waals surface area contributed by atoms with Gasteiger partial charge in [0.15, 0.2) is 0 Å². The standard InChI is InChI=1S/C23H17FN6/c1-16-23-19-6-4-5-18(10-9-17-11-25-14-26-12-17)20(19)13-29(15-30(23)28-27-16)22-8-3-2-7-21(22)24/h2-8,11-12,14H,13,15H2,1H3. The molecule has 0 aliphatic carbocycles. The third kappa shape index (κ3) is 3.18. The third-order valence-electron chi connectivity index (χ3n) is 5.08. The zero-order valence-electron chi connectivity index (χ0n) is 16.2. The Bertz CT molecular complexity index is 1290. The van der Waals surface area contributed by atoms with Crippen LogP contribution in [0.4, 0.5) is 10.1 Å². The van der Waals surface area contributed by atoms with Crippen LogP contribution in [0.15, 0.2) is 61.2 Å². The average molecular weight is 396 g/mol. The van der Waals surface area contributed by atoms with E-state index in [-0.39, 0.29) is 5.82 Å². The molecular weight excluding hydrogens is 379 g/mol. The molecule has 0 spiro atoms. The normalized spacial score (nSPS) is 12.4. The van der Waals surface area contributed by atoms with E-state index < -0.39 is 0 Å². The highest BCUT2D eigenvalue weighted by Crippen LogP contribution is 2.34. The van der Waals surface area contributed by atoms with Crippen molar-refractivity contribution in [1.82, 2.24) is 25.0 Å². The molecule has 0 unspecified atom stereocenters. The molecule has 0 fully saturated rings. The van der Waals surface area contributed by atoms with E-state index in [2.05, 4.69) is 32.1 Å². The van der Waals surface area contributed by atoms with Crippen LogP contribution in [0.25, 0.3) is 11.3 Å². The summed E-state index contributed by atoms with van der Waals surface area (Å²) in [5.74, 6) is 6.10. The fourth-order valence-electron chi connectivity index (χ4n) is 3.70. The molecule has 4 aromatic rings. The quantitative estimate of drug-likeness (QED) is 0.461. The number of para-hydroxylation sites is 1. The number of hydrogen-bond donors (Lipinski definition) is 0. The number of benzene rings is 2. The van der Waals surface area contributed by atoms with Gasteiger partial charge in [0.05, 0.1) is 22.6 Å². The van der Waals surface area contributed by atoms with Crippen molar-refractivity contribution < 1.29 is 4.39 Å². The minimum absolute atomic E-state index is 0.274. The monoisotopic (exact) mass is 396 g/mol. The van der Waals surface area contributed by atoms with Crippen LogP contribution in [-0.4, -0.2) is 25.0 Å². The zero-order valence-corrected chi connectivity index (χ0v) is 16.2. The SMILES string of the molecule is Cc1nnn2c1-c1cccc(C#Cc3cncnc3)c1CN(c1ccccc1F)C2. The van der Waals surface area contributed by atoms with Crippen LogP contribution in [0.2, 0.25) is 0 Å². The molecule has 0 atom stereocenters. The molecule has 0 saturated heterocycles. The number of aromatic nitrogens is 5. The predicted octanol–water partition coefficient (Wildman–Crippen LogP) is 3.56. The average Bonchev–Trinajstić information content (AvgIpc) is 3.03. The van der Waals surface area contributed by atoms with Crippen molar-refractivity contribution in [2.24, 2.45) is 0 Å². The molecule has 2 aromatic heterocycles. The highest BCUT2D eigenvalue weighted by atomic mass is 19.1. The minimum atomic E-state index is -0.274. The van der Waals surface area contributed by atoms with Gasteiger partial charge in [-0.15, -0.1) is 5.10 Å². The number of hydrogen-bond acceptors (Lipinski definition) is 5. The lowest BCUT2D eigenvalue weighted by molar-refractivity contribution is 0.550. The van der Waals surface area contributed by atoms with Gasteiger partial charge in [-0.05, 0) is 30.7 Å². The summed E-state index contributed by atoms with van der Waals surface area (Å²) in [4.78, 5) is 9.98. The minimum Gasteiger partial charge on any atom is -0.345 e. The van der Waals surface area contributed by atoms with E-state index in [0.717, 1.165) is 33.6 Å². The highest BCUT2D eigenvalue weighted by molar-refractivity contribution is 5.71. The summed E-state index contributed by atoms with van der Waals surface area (Å²) in [7, 11) is 0. The van der Waals surface area contributed by atoms with Crippen LogP contribution < -0.4 is 4.90 Å². The van der Waals surface area contributed by atoms with Gasteiger partial charge in [0, 0.05) is 30.1 Å². The summed E-state index contributed by atoms with van der Waals surface area (Å²) in [5, 5.41) is 8.55. The van der Waals surface area contributed by atoms with Crippen molar-refractivity contribution in [1.29, 1.82) is 0 Å². The molecule has 2 aromatic carbocycles.